The lowest BCUT2D eigenvalue weighted by atomic mass is 10.2. The van der Waals surface area contributed by atoms with Gasteiger partial charge in [-0.15, -0.1) is 0 Å². The van der Waals surface area contributed by atoms with Crippen LogP contribution in [-0.4, -0.2) is 33.3 Å². The number of aromatic nitrogens is 2. The fraction of sp³-hybridized carbons (Fsp3) is 0.444. The van der Waals surface area contributed by atoms with Gasteiger partial charge in [0.2, 0.25) is 5.91 Å². The van der Waals surface area contributed by atoms with E-state index in [1.165, 1.54) is 4.57 Å². The van der Waals surface area contributed by atoms with Gasteiger partial charge in [-0.05, 0) is 45.4 Å². The van der Waals surface area contributed by atoms with Crippen molar-refractivity contribution in [3.8, 4) is 0 Å². The Morgan fingerprint density at radius 2 is 2.00 bits per heavy atom. The second-order valence-electron chi connectivity index (χ2n) is 6.44. The molecule has 0 saturated heterocycles. The van der Waals surface area contributed by atoms with E-state index >= 15 is 0 Å². The molecular weight excluding hydrogens is 388 g/mol. The Morgan fingerprint density at radius 1 is 1.30 bits per heavy atom. The lowest BCUT2D eigenvalue weighted by molar-refractivity contribution is -0.117. The number of thioether (sulfide) groups is 1. The Hall–Kier alpha value is -2.06. The summed E-state index contributed by atoms with van der Waals surface area (Å²) in [5, 5.41) is 6.29. The van der Waals surface area contributed by atoms with Crippen LogP contribution in [0.25, 0.3) is 10.9 Å². The van der Waals surface area contributed by atoms with Crippen LogP contribution in [0.1, 0.15) is 40.2 Å². The van der Waals surface area contributed by atoms with E-state index < -0.39 is 11.9 Å². The van der Waals surface area contributed by atoms with E-state index in [-0.39, 0.29) is 23.4 Å². The Bertz CT molecular complexity index is 913. The highest BCUT2D eigenvalue weighted by Crippen LogP contribution is 2.22. The number of imide groups is 1. The molecule has 2 aromatic rings. The Labute approximate surface area is 166 Å². The average molecular weight is 411 g/mol. The first-order valence-corrected chi connectivity index (χ1v) is 10.0. The van der Waals surface area contributed by atoms with Gasteiger partial charge in [-0.3, -0.25) is 19.5 Å². The Balaban J connectivity index is 2.20. The largest absolute Gasteiger partial charge is 0.335 e. The molecule has 1 heterocycles. The maximum Gasteiger partial charge on any atom is 0.321 e. The molecule has 2 rings (SSSR count). The molecule has 2 N–H and O–H groups in total. The van der Waals surface area contributed by atoms with E-state index in [2.05, 4.69) is 15.6 Å². The number of nitrogens with zero attached hydrogens (tertiary/aromatic N) is 2. The monoisotopic (exact) mass is 410 g/mol. The zero-order chi connectivity index (χ0) is 20.1. The summed E-state index contributed by atoms with van der Waals surface area (Å²) in [6.45, 7) is 7.53. The summed E-state index contributed by atoms with van der Waals surface area (Å²) in [7, 11) is 0. The SMILES string of the molecule is CC[C@H](C)NC(=O)NC(=O)CSc1nc2cc(Cl)ccc2c(=O)n1C(C)C. The average Bonchev–Trinajstić information content (AvgIpc) is 2.58. The predicted octanol–water partition coefficient (Wildman–Crippen LogP) is 3.35. The smallest absolute Gasteiger partial charge is 0.321 e. The first-order chi connectivity index (χ1) is 12.7. The van der Waals surface area contributed by atoms with E-state index in [4.69, 9.17) is 11.6 Å². The maximum atomic E-state index is 12.8. The molecule has 0 radical (unpaired) electrons. The van der Waals surface area contributed by atoms with Gasteiger partial charge < -0.3 is 5.32 Å². The molecule has 0 aliphatic carbocycles. The number of fused-ring (bicyclic) bond motifs is 1. The molecule has 0 aliphatic heterocycles. The highest BCUT2D eigenvalue weighted by atomic mass is 35.5. The molecule has 0 unspecified atom stereocenters. The standard InChI is InChI=1S/C18H23ClN4O3S/c1-5-11(4)20-17(26)22-15(24)9-27-18-21-14-8-12(19)6-7-13(14)16(25)23(18)10(2)3/h6-8,10-11H,5,9H2,1-4H3,(H2,20,22,24,26)/t11-/m0/s1. The third-order valence-corrected chi connectivity index (χ3v) is 5.11. The van der Waals surface area contributed by atoms with E-state index in [0.29, 0.717) is 21.1 Å². The highest BCUT2D eigenvalue weighted by Gasteiger charge is 2.16. The molecule has 9 heteroatoms. The van der Waals surface area contributed by atoms with E-state index in [0.717, 1.165) is 18.2 Å². The number of hydrogen-bond acceptors (Lipinski definition) is 5. The third-order valence-electron chi connectivity index (χ3n) is 3.92. The molecule has 0 aliphatic rings. The number of nitrogens with one attached hydrogen (secondary N) is 2. The van der Waals surface area contributed by atoms with Gasteiger partial charge in [0.05, 0.1) is 16.7 Å². The predicted molar refractivity (Wildman–Crippen MR) is 109 cm³/mol. The van der Waals surface area contributed by atoms with Crippen molar-refractivity contribution in [2.24, 2.45) is 0 Å². The van der Waals surface area contributed by atoms with Crippen LogP contribution in [0.2, 0.25) is 5.02 Å². The lowest BCUT2D eigenvalue weighted by Gasteiger charge is -2.16. The van der Waals surface area contributed by atoms with Gasteiger partial charge in [0, 0.05) is 17.1 Å². The van der Waals surface area contributed by atoms with Gasteiger partial charge in [-0.25, -0.2) is 9.78 Å². The van der Waals surface area contributed by atoms with Crippen LogP contribution >= 0.6 is 23.4 Å². The van der Waals surface area contributed by atoms with Gasteiger partial charge >= 0.3 is 6.03 Å². The number of carbonyl (C=O) groups is 2. The first kappa shape index (κ1) is 21.2. The summed E-state index contributed by atoms with van der Waals surface area (Å²) in [4.78, 5) is 41.1. The second kappa shape index (κ2) is 9.23. The van der Waals surface area contributed by atoms with Crippen molar-refractivity contribution in [2.75, 3.05) is 5.75 Å². The topological polar surface area (TPSA) is 93.1 Å². The molecule has 146 valence electrons. The molecule has 0 bridgehead atoms. The normalized spacial score (nSPS) is 12.2. The van der Waals surface area contributed by atoms with Crippen molar-refractivity contribution in [2.45, 2.75) is 51.4 Å². The number of urea groups is 1. The van der Waals surface area contributed by atoms with Crippen LogP contribution in [0, 0.1) is 0 Å². The first-order valence-electron chi connectivity index (χ1n) is 8.67. The summed E-state index contributed by atoms with van der Waals surface area (Å²) in [5.41, 5.74) is 0.283. The van der Waals surface area contributed by atoms with Crippen LogP contribution in [-0.2, 0) is 4.79 Å². The number of benzene rings is 1. The van der Waals surface area contributed by atoms with Gasteiger partial charge in [-0.1, -0.05) is 30.3 Å². The van der Waals surface area contributed by atoms with Gasteiger partial charge in [0.25, 0.3) is 5.56 Å². The van der Waals surface area contributed by atoms with Crippen molar-refractivity contribution >= 4 is 46.2 Å². The van der Waals surface area contributed by atoms with E-state index in [9.17, 15) is 14.4 Å². The number of amides is 3. The molecule has 0 fully saturated rings. The van der Waals surface area contributed by atoms with Crippen molar-refractivity contribution < 1.29 is 9.59 Å². The van der Waals surface area contributed by atoms with Crippen molar-refractivity contribution in [1.29, 1.82) is 0 Å². The summed E-state index contributed by atoms with van der Waals surface area (Å²) in [5.74, 6) is -0.504. The highest BCUT2D eigenvalue weighted by molar-refractivity contribution is 7.99. The molecular formula is C18H23ClN4O3S. The molecule has 1 atom stereocenters. The van der Waals surface area contributed by atoms with Gasteiger partial charge in [-0.2, -0.15) is 0 Å². The third kappa shape index (κ3) is 5.46. The molecule has 0 saturated carbocycles. The minimum absolute atomic E-state index is 0.0246. The molecule has 0 spiro atoms. The summed E-state index contributed by atoms with van der Waals surface area (Å²) in [6.07, 6.45) is 0.764. The fourth-order valence-corrected chi connectivity index (χ4v) is 3.46. The lowest BCUT2D eigenvalue weighted by Crippen LogP contribution is -2.44. The molecule has 1 aromatic carbocycles. The van der Waals surface area contributed by atoms with Crippen LogP contribution < -0.4 is 16.2 Å². The van der Waals surface area contributed by atoms with Gasteiger partial charge in [0.15, 0.2) is 5.16 Å². The quantitative estimate of drug-likeness (QED) is 0.562. The Kier molecular flexibility index (Phi) is 7.26. The number of carbonyl (C=O) groups excluding carboxylic acids is 2. The van der Waals surface area contributed by atoms with Crippen molar-refractivity contribution in [1.82, 2.24) is 20.2 Å². The summed E-state index contributed by atoms with van der Waals surface area (Å²) in [6, 6.07) is 4.22. The summed E-state index contributed by atoms with van der Waals surface area (Å²) < 4.78 is 1.54. The van der Waals surface area contributed by atoms with Crippen LogP contribution in [0.5, 0.6) is 0 Å². The fourth-order valence-electron chi connectivity index (χ4n) is 2.36. The molecule has 1 aromatic heterocycles. The molecule has 3 amide bonds. The summed E-state index contributed by atoms with van der Waals surface area (Å²) >= 11 is 7.10. The molecule has 7 nitrogen and oxygen atoms in total. The minimum Gasteiger partial charge on any atom is -0.335 e. The minimum atomic E-state index is -0.533. The van der Waals surface area contributed by atoms with Crippen LogP contribution in [0.15, 0.2) is 28.2 Å². The van der Waals surface area contributed by atoms with E-state index in [1.807, 2.05) is 27.7 Å². The van der Waals surface area contributed by atoms with Crippen LogP contribution in [0.3, 0.4) is 0 Å². The second-order valence-corrected chi connectivity index (χ2v) is 7.82. The zero-order valence-electron chi connectivity index (χ0n) is 15.7. The Morgan fingerprint density at radius 3 is 2.63 bits per heavy atom. The zero-order valence-corrected chi connectivity index (χ0v) is 17.3. The number of halogens is 1. The van der Waals surface area contributed by atoms with Crippen molar-refractivity contribution in [3.63, 3.8) is 0 Å². The maximum absolute atomic E-state index is 12.8. The van der Waals surface area contributed by atoms with E-state index in [1.54, 1.807) is 18.2 Å². The van der Waals surface area contributed by atoms with Gasteiger partial charge in [0.1, 0.15) is 0 Å². The van der Waals surface area contributed by atoms with Crippen molar-refractivity contribution in [3.05, 3.63) is 33.6 Å². The van der Waals surface area contributed by atoms with Crippen LogP contribution in [0.4, 0.5) is 4.79 Å². The number of rotatable bonds is 6. The number of hydrogen-bond donors (Lipinski definition) is 2. The molecule has 27 heavy (non-hydrogen) atoms.